The van der Waals surface area contributed by atoms with Gasteiger partial charge in [-0.25, -0.2) is 0 Å². The van der Waals surface area contributed by atoms with Gasteiger partial charge in [0.25, 0.3) is 0 Å². The number of nitrogens with zero attached hydrogens (tertiary/aromatic N) is 2. The second-order valence-electron chi connectivity index (χ2n) is 17.4. The first kappa shape index (κ1) is 35.5. The molecule has 0 bridgehead atoms. The van der Waals surface area contributed by atoms with Crippen molar-refractivity contribution in [3.8, 4) is 33.6 Å². The van der Waals surface area contributed by atoms with Gasteiger partial charge >= 0.3 is 0 Å². The highest BCUT2D eigenvalue weighted by molar-refractivity contribution is 6.11. The molecule has 2 aliphatic carbocycles. The van der Waals surface area contributed by atoms with E-state index in [1.165, 1.54) is 66.2 Å². The standard InChI is InChI=1S/C60H40N2O2/c1-6-19-53-45(12-1)46-13-2-7-20-54(46)61(53)42-29-31-59-52(36-42)51-35-39(28-30-58(51)63-59)37-24-26-38(27-25-37)40-32-41(44-17-11-18-50-49-16-5-10-23-57(49)64-60(44)50)34-43(33-40)62-55-21-8-3-14-47(55)48-15-4-9-22-56(48)62/h1-3,5-14,16-27,29,31-36H,4,15,28,30H2. The van der Waals surface area contributed by atoms with E-state index in [-0.39, 0.29) is 0 Å². The van der Waals surface area contributed by atoms with Crippen LogP contribution >= 0.6 is 0 Å². The fraction of sp³-hybridized carbons (Fsp3) is 0.0667. The van der Waals surface area contributed by atoms with Gasteiger partial charge in [0, 0.05) is 66.9 Å². The van der Waals surface area contributed by atoms with Gasteiger partial charge < -0.3 is 18.0 Å². The Kier molecular flexibility index (Phi) is 7.61. The number of hydrogen-bond donors (Lipinski definition) is 0. The lowest BCUT2D eigenvalue weighted by atomic mass is 9.90. The van der Waals surface area contributed by atoms with E-state index in [9.17, 15) is 0 Å². The average molecular weight is 821 g/mol. The van der Waals surface area contributed by atoms with Gasteiger partial charge in [-0.2, -0.15) is 0 Å². The van der Waals surface area contributed by atoms with Crippen molar-refractivity contribution in [1.29, 1.82) is 0 Å². The van der Waals surface area contributed by atoms with Crippen molar-refractivity contribution in [3.63, 3.8) is 0 Å². The molecular formula is C60H40N2O2. The van der Waals surface area contributed by atoms with Crippen molar-refractivity contribution in [3.05, 3.63) is 210 Å². The average Bonchev–Trinajstić information content (AvgIpc) is 4.11. The van der Waals surface area contributed by atoms with E-state index in [4.69, 9.17) is 8.83 Å². The Hall–Kier alpha value is -8.08. The molecule has 0 fully saturated rings. The van der Waals surface area contributed by atoms with E-state index < -0.39 is 0 Å². The van der Waals surface area contributed by atoms with Gasteiger partial charge in [0.1, 0.15) is 22.5 Å². The summed E-state index contributed by atoms with van der Waals surface area (Å²) in [6.07, 6.45) is 10.9. The topological polar surface area (TPSA) is 36.1 Å². The molecule has 0 saturated heterocycles. The van der Waals surface area contributed by atoms with Crippen molar-refractivity contribution < 1.29 is 8.83 Å². The fourth-order valence-electron chi connectivity index (χ4n) is 10.9. The summed E-state index contributed by atoms with van der Waals surface area (Å²) in [6.45, 7) is 0. The van der Waals surface area contributed by atoms with Crippen LogP contribution < -0.4 is 0 Å². The number of aromatic nitrogens is 2. The largest absolute Gasteiger partial charge is 0.460 e. The van der Waals surface area contributed by atoms with Crippen molar-refractivity contribution in [2.45, 2.75) is 25.7 Å². The molecule has 14 rings (SSSR count). The summed E-state index contributed by atoms with van der Waals surface area (Å²) >= 11 is 0. The molecule has 4 nitrogen and oxygen atoms in total. The molecule has 0 radical (unpaired) electrons. The lowest BCUT2D eigenvalue weighted by molar-refractivity contribution is 0.548. The molecule has 4 heterocycles. The van der Waals surface area contributed by atoms with Crippen LogP contribution in [0.15, 0.2) is 191 Å². The van der Waals surface area contributed by atoms with Crippen LogP contribution in [0, 0.1) is 0 Å². The lowest BCUT2D eigenvalue weighted by Crippen LogP contribution is -2.01. The summed E-state index contributed by atoms with van der Waals surface area (Å²) in [5.41, 5.74) is 19.7. The van der Waals surface area contributed by atoms with Crippen molar-refractivity contribution in [2.75, 3.05) is 0 Å². The van der Waals surface area contributed by atoms with E-state index in [2.05, 4.69) is 197 Å². The monoisotopic (exact) mass is 820 g/mol. The van der Waals surface area contributed by atoms with E-state index in [1.807, 2.05) is 6.07 Å². The minimum Gasteiger partial charge on any atom is -0.460 e. The Bertz CT molecular complexity index is 3900. The molecule has 0 N–H and O–H groups in total. The summed E-state index contributed by atoms with van der Waals surface area (Å²) in [7, 11) is 0. The molecule has 0 aliphatic heterocycles. The van der Waals surface area contributed by atoms with Crippen LogP contribution in [0.25, 0.3) is 117 Å². The van der Waals surface area contributed by atoms with Gasteiger partial charge in [0.2, 0.25) is 0 Å². The third kappa shape index (κ3) is 5.29. The molecule has 12 aromatic rings. The maximum Gasteiger partial charge on any atom is 0.143 e. The predicted molar refractivity (Wildman–Crippen MR) is 266 cm³/mol. The molecule has 0 unspecified atom stereocenters. The Labute approximate surface area is 369 Å². The first-order valence-corrected chi connectivity index (χ1v) is 22.4. The maximum absolute atomic E-state index is 6.63. The first-order chi connectivity index (χ1) is 31.7. The number of aryl methyl sites for hydroxylation is 2. The quantitative estimate of drug-likeness (QED) is 0.173. The molecule has 302 valence electrons. The van der Waals surface area contributed by atoms with Gasteiger partial charge in [0.15, 0.2) is 0 Å². The Morgan fingerprint density at radius 2 is 1.09 bits per heavy atom. The van der Waals surface area contributed by atoms with Crippen LogP contribution in [0.1, 0.15) is 41.0 Å². The normalized spacial score (nSPS) is 13.7. The van der Waals surface area contributed by atoms with Gasteiger partial charge in [-0.15, -0.1) is 0 Å². The third-order valence-electron chi connectivity index (χ3n) is 13.9. The molecule has 4 aromatic heterocycles. The molecule has 64 heavy (non-hydrogen) atoms. The van der Waals surface area contributed by atoms with Crippen LogP contribution in [0.5, 0.6) is 0 Å². The van der Waals surface area contributed by atoms with E-state index >= 15 is 0 Å². The Morgan fingerprint density at radius 1 is 0.422 bits per heavy atom. The van der Waals surface area contributed by atoms with Crippen molar-refractivity contribution >= 4 is 83.3 Å². The van der Waals surface area contributed by atoms with Gasteiger partial charge in [0.05, 0.1) is 16.6 Å². The number of hydrogen-bond acceptors (Lipinski definition) is 2. The molecular weight excluding hydrogens is 781 g/mol. The van der Waals surface area contributed by atoms with Crippen LogP contribution in [0.3, 0.4) is 0 Å². The molecule has 2 aliphatic rings. The summed E-state index contributed by atoms with van der Waals surface area (Å²) in [6, 6.07) is 64.1. The zero-order valence-corrected chi connectivity index (χ0v) is 35.0. The molecule has 0 spiro atoms. The van der Waals surface area contributed by atoms with E-state index in [0.717, 1.165) is 92.4 Å². The van der Waals surface area contributed by atoms with Gasteiger partial charge in [-0.05, 0) is 125 Å². The van der Waals surface area contributed by atoms with Gasteiger partial charge in [-0.1, -0.05) is 121 Å². The zero-order chi connectivity index (χ0) is 41.9. The summed E-state index contributed by atoms with van der Waals surface area (Å²) in [4.78, 5) is 0. The zero-order valence-electron chi connectivity index (χ0n) is 35.0. The molecule has 8 aromatic carbocycles. The SMILES string of the molecule is C1=Cc2c(c3ccccc3n2-c2cc(-c3ccc(C4=Cc5c(oc6ccc(-n7c8ccccc8c8ccccc87)cc56)CC4)cc3)cc(-c3cccc4c3oc3ccccc34)c2)CC1. The second kappa shape index (κ2) is 13.7. The van der Waals surface area contributed by atoms with Crippen LogP contribution in [0.4, 0.5) is 0 Å². The van der Waals surface area contributed by atoms with Crippen LogP contribution in [-0.4, -0.2) is 9.13 Å². The molecule has 4 heteroatoms. The fourth-order valence-corrected chi connectivity index (χ4v) is 10.9. The summed E-state index contributed by atoms with van der Waals surface area (Å²) in [5, 5.41) is 7.28. The predicted octanol–water partition coefficient (Wildman–Crippen LogP) is 16.2. The molecule has 0 saturated carbocycles. The van der Waals surface area contributed by atoms with Crippen LogP contribution in [-0.2, 0) is 12.8 Å². The smallest absolute Gasteiger partial charge is 0.143 e. The minimum atomic E-state index is 0.866. The summed E-state index contributed by atoms with van der Waals surface area (Å²) < 4.78 is 18.0. The summed E-state index contributed by atoms with van der Waals surface area (Å²) in [5.74, 6) is 1.06. The molecule has 0 amide bonds. The second-order valence-corrected chi connectivity index (χ2v) is 17.4. The number of rotatable bonds is 5. The minimum absolute atomic E-state index is 0.866. The highest BCUT2D eigenvalue weighted by Crippen LogP contribution is 2.43. The maximum atomic E-state index is 6.63. The van der Waals surface area contributed by atoms with Crippen molar-refractivity contribution in [1.82, 2.24) is 9.13 Å². The third-order valence-corrected chi connectivity index (χ3v) is 13.9. The van der Waals surface area contributed by atoms with Gasteiger partial charge in [-0.3, -0.25) is 0 Å². The number of furan rings is 2. The first-order valence-electron chi connectivity index (χ1n) is 22.4. The number of allylic oxidation sites excluding steroid dienone is 2. The Morgan fingerprint density at radius 3 is 1.91 bits per heavy atom. The van der Waals surface area contributed by atoms with Crippen LogP contribution in [0.2, 0.25) is 0 Å². The number of benzene rings is 8. The van der Waals surface area contributed by atoms with E-state index in [0.29, 0.717) is 0 Å². The Balaban J connectivity index is 0.888. The van der Waals surface area contributed by atoms with Crippen molar-refractivity contribution in [2.24, 2.45) is 0 Å². The number of para-hydroxylation sites is 5. The molecule has 0 atom stereocenters. The highest BCUT2D eigenvalue weighted by atomic mass is 16.3. The highest BCUT2D eigenvalue weighted by Gasteiger charge is 2.23. The lowest BCUT2D eigenvalue weighted by Gasteiger charge is -2.17. The number of fused-ring (bicyclic) bond motifs is 12. The van der Waals surface area contributed by atoms with E-state index in [1.54, 1.807) is 0 Å².